The molecule has 8 heteroatoms. The summed E-state index contributed by atoms with van der Waals surface area (Å²) in [6.45, 7) is 4.45. The molecule has 3 heterocycles. The highest BCUT2D eigenvalue weighted by Gasteiger charge is 2.23. The standard InChI is InChI=1S/C26H24ClN5O2/c1-16-17(2)34-25(31-16)12-18-6-8-23-21(11-18)26(30-15-29-23)32-19-7-9-24(22(27)13-19)33-14-20-5-3-4-10-28-20/h3-11,13,15-17H,12,14H2,1-2H3,(H,29,30,32)/t16-,17-/m0/s1. The number of pyridine rings is 1. The van der Waals surface area contributed by atoms with Crippen molar-refractivity contribution in [3.05, 3.63) is 83.4 Å². The number of nitrogens with zero attached hydrogens (tertiary/aromatic N) is 4. The second kappa shape index (κ2) is 9.65. The molecule has 0 saturated heterocycles. The van der Waals surface area contributed by atoms with Crippen molar-refractivity contribution in [1.82, 2.24) is 15.0 Å². The van der Waals surface area contributed by atoms with Gasteiger partial charge >= 0.3 is 0 Å². The van der Waals surface area contributed by atoms with Gasteiger partial charge in [-0.15, -0.1) is 0 Å². The maximum absolute atomic E-state index is 6.48. The summed E-state index contributed by atoms with van der Waals surface area (Å²) in [4.78, 5) is 17.7. The molecule has 2 aromatic heterocycles. The number of hydrogen-bond donors (Lipinski definition) is 1. The van der Waals surface area contributed by atoms with Gasteiger partial charge in [-0.05, 0) is 61.9 Å². The summed E-state index contributed by atoms with van der Waals surface area (Å²) >= 11 is 6.48. The Labute approximate surface area is 202 Å². The van der Waals surface area contributed by atoms with E-state index in [1.54, 1.807) is 12.5 Å². The molecule has 0 amide bonds. The van der Waals surface area contributed by atoms with E-state index >= 15 is 0 Å². The monoisotopic (exact) mass is 473 g/mol. The van der Waals surface area contributed by atoms with Crippen molar-refractivity contribution in [1.29, 1.82) is 0 Å². The van der Waals surface area contributed by atoms with Gasteiger partial charge in [-0.3, -0.25) is 4.98 Å². The van der Waals surface area contributed by atoms with Crippen LogP contribution in [0.4, 0.5) is 11.5 Å². The second-order valence-electron chi connectivity index (χ2n) is 8.22. The molecular formula is C26H24ClN5O2. The van der Waals surface area contributed by atoms with Gasteiger partial charge < -0.3 is 14.8 Å². The summed E-state index contributed by atoms with van der Waals surface area (Å²) in [5.74, 6) is 2.05. The van der Waals surface area contributed by atoms with Gasteiger partial charge in [0.05, 0.1) is 22.3 Å². The van der Waals surface area contributed by atoms with Gasteiger partial charge in [0.25, 0.3) is 0 Å². The van der Waals surface area contributed by atoms with Gasteiger partial charge in [0.15, 0.2) is 5.90 Å². The van der Waals surface area contributed by atoms with Crippen LogP contribution in [-0.4, -0.2) is 33.0 Å². The second-order valence-corrected chi connectivity index (χ2v) is 8.62. The molecule has 0 saturated carbocycles. The van der Waals surface area contributed by atoms with Crippen LogP contribution in [0.1, 0.15) is 25.1 Å². The average molecular weight is 474 g/mol. The van der Waals surface area contributed by atoms with Crippen LogP contribution < -0.4 is 10.1 Å². The van der Waals surface area contributed by atoms with Gasteiger partial charge in [-0.2, -0.15) is 0 Å². The number of fused-ring (bicyclic) bond motifs is 1. The quantitative estimate of drug-likeness (QED) is 0.368. The largest absolute Gasteiger partial charge is 0.486 e. The third kappa shape index (κ3) is 4.94. The number of rotatable bonds is 7. The molecule has 1 N–H and O–H groups in total. The Balaban J connectivity index is 1.34. The molecule has 0 spiro atoms. The fourth-order valence-electron chi connectivity index (χ4n) is 3.72. The molecule has 1 aliphatic rings. The van der Waals surface area contributed by atoms with E-state index < -0.39 is 0 Å². The molecule has 7 nitrogen and oxygen atoms in total. The van der Waals surface area contributed by atoms with Gasteiger partial charge in [0.2, 0.25) is 0 Å². The van der Waals surface area contributed by atoms with Gasteiger partial charge in [-0.1, -0.05) is 23.7 Å². The van der Waals surface area contributed by atoms with E-state index in [-0.39, 0.29) is 12.1 Å². The number of nitrogens with one attached hydrogen (secondary N) is 1. The molecular weight excluding hydrogens is 450 g/mol. The van der Waals surface area contributed by atoms with Crippen LogP contribution in [0.5, 0.6) is 5.75 Å². The molecule has 4 aromatic rings. The van der Waals surface area contributed by atoms with Gasteiger partial charge in [0, 0.05) is 23.7 Å². The first-order chi connectivity index (χ1) is 16.5. The van der Waals surface area contributed by atoms with Crippen LogP contribution in [0.25, 0.3) is 10.9 Å². The van der Waals surface area contributed by atoms with E-state index in [1.807, 2.05) is 55.5 Å². The molecule has 0 unspecified atom stereocenters. The lowest BCUT2D eigenvalue weighted by molar-refractivity contribution is 0.214. The molecule has 0 radical (unpaired) electrons. The first kappa shape index (κ1) is 22.1. The van der Waals surface area contributed by atoms with E-state index in [9.17, 15) is 0 Å². The molecule has 0 aliphatic carbocycles. The lowest BCUT2D eigenvalue weighted by Crippen LogP contribution is -2.15. The summed E-state index contributed by atoms with van der Waals surface area (Å²) < 4.78 is 11.7. The Kier molecular flexibility index (Phi) is 6.27. The molecule has 0 fully saturated rings. The Bertz CT molecular complexity index is 1350. The van der Waals surface area contributed by atoms with Crippen molar-refractivity contribution < 1.29 is 9.47 Å². The molecule has 0 bridgehead atoms. The lowest BCUT2D eigenvalue weighted by Gasteiger charge is -2.12. The van der Waals surface area contributed by atoms with Gasteiger partial charge in [0.1, 0.15) is 30.6 Å². The van der Waals surface area contributed by atoms with Crippen LogP contribution >= 0.6 is 11.6 Å². The minimum absolute atomic E-state index is 0.108. The summed E-state index contributed by atoms with van der Waals surface area (Å²) in [6.07, 6.45) is 4.02. The van der Waals surface area contributed by atoms with Crippen LogP contribution in [0.15, 0.2) is 72.1 Å². The highest BCUT2D eigenvalue weighted by molar-refractivity contribution is 6.32. The Morgan fingerprint density at radius 3 is 2.71 bits per heavy atom. The van der Waals surface area contributed by atoms with Crippen molar-refractivity contribution in [3.63, 3.8) is 0 Å². The third-order valence-corrected chi connectivity index (χ3v) is 6.00. The van der Waals surface area contributed by atoms with Crippen LogP contribution in [-0.2, 0) is 17.8 Å². The number of hydrogen-bond acceptors (Lipinski definition) is 7. The highest BCUT2D eigenvalue weighted by Crippen LogP contribution is 2.31. The van der Waals surface area contributed by atoms with Crippen molar-refractivity contribution in [2.45, 2.75) is 39.0 Å². The number of ether oxygens (including phenoxy) is 2. The number of anilines is 2. The van der Waals surface area contributed by atoms with E-state index in [0.717, 1.165) is 33.7 Å². The summed E-state index contributed by atoms with van der Waals surface area (Å²) in [5, 5.41) is 4.77. The first-order valence-corrected chi connectivity index (χ1v) is 11.5. The van der Waals surface area contributed by atoms with E-state index in [2.05, 4.69) is 38.3 Å². The third-order valence-electron chi connectivity index (χ3n) is 5.70. The Morgan fingerprint density at radius 1 is 1.03 bits per heavy atom. The molecule has 2 atom stereocenters. The summed E-state index contributed by atoms with van der Waals surface area (Å²) in [7, 11) is 0. The van der Waals surface area contributed by atoms with E-state index in [4.69, 9.17) is 21.1 Å². The first-order valence-electron chi connectivity index (χ1n) is 11.1. The lowest BCUT2D eigenvalue weighted by atomic mass is 10.1. The van der Waals surface area contributed by atoms with E-state index in [0.29, 0.717) is 29.6 Å². The maximum Gasteiger partial charge on any atom is 0.188 e. The minimum Gasteiger partial charge on any atom is -0.486 e. The zero-order valence-corrected chi connectivity index (χ0v) is 19.7. The maximum atomic E-state index is 6.48. The van der Waals surface area contributed by atoms with E-state index in [1.165, 1.54) is 0 Å². The molecule has 2 aromatic carbocycles. The topological polar surface area (TPSA) is 81.5 Å². The molecule has 5 rings (SSSR count). The summed E-state index contributed by atoms with van der Waals surface area (Å²) in [6, 6.07) is 17.5. The van der Waals surface area contributed by atoms with Crippen LogP contribution in [0, 0.1) is 0 Å². The minimum atomic E-state index is 0.108. The SMILES string of the molecule is C[C@@H]1N=C(Cc2ccc3ncnc(Nc4ccc(OCc5ccccn5)c(Cl)c4)c3c2)O[C@H]1C. The van der Waals surface area contributed by atoms with Crippen molar-refractivity contribution in [3.8, 4) is 5.75 Å². The number of benzene rings is 2. The summed E-state index contributed by atoms with van der Waals surface area (Å²) in [5.41, 5.74) is 3.56. The fourth-order valence-corrected chi connectivity index (χ4v) is 3.95. The van der Waals surface area contributed by atoms with Crippen LogP contribution in [0.2, 0.25) is 5.02 Å². The normalized spacial score (nSPS) is 17.3. The Hall–Kier alpha value is -3.71. The Morgan fingerprint density at radius 2 is 1.94 bits per heavy atom. The van der Waals surface area contributed by atoms with Crippen molar-refractivity contribution >= 4 is 39.9 Å². The predicted octanol–water partition coefficient (Wildman–Crippen LogP) is 5.75. The molecule has 34 heavy (non-hydrogen) atoms. The molecule has 1 aliphatic heterocycles. The fraction of sp³-hybridized carbons (Fsp3) is 0.231. The zero-order chi connectivity index (χ0) is 23.5. The number of aromatic nitrogens is 3. The number of halogens is 1. The van der Waals surface area contributed by atoms with Crippen molar-refractivity contribution in [2.75, 3.05) is 5.32 Å². The highest BCUT2D eigenvalue weighted by atomic mass is 35.5. The number of aliphatic imine (C=N–C) groups is 1. The van der Waals surface area contributed by atoms with Gasteiger partial charge in [-0.25, -0.2) is 15.0 Å². The predicted molar refractivity (Wildman–Crippen MR) is 134 cm³/mol. The zero-order valence-electron chi connectivity index (χ0n) is 18.9. The smallest absolute Gasteiger partial charge is 0.188 e. The van der Waals surface area contributed by atoms with Crippen molar-refractivity contribution in [2.24, 2.45) is 4.99 Å². The average Bonchev–Trinajstić information content (AvgIpc) is 3.16. The van der Waals surface area contributed by atoms with Crippen LogP contribution in [0.3, 0.4) is 0 Å². The molecule has 172 valence electrons.